The third kappa shape index (κ3) is 6.63. The molecule has 14 rings (SSSR count). The highest BCUT2D eigenvalue weighted by molar-refractivity contribution is 7.00. The fourth-order valence-electron chi connectivity index (χ4n) is 16.4. The second-order valence-corrected chi connectivity index (χ2v) is 29.2. The summed E-state index contributed by atoms with van der Waals surface area (Å²) in [6, 6.07) is 56.2. The molecule has 2 nitrogen and oxygen atoms in total. The summed E-state index contributed by atoms with van der Waals surface area (Å²) in [5, 5.41) is 0. The van der Waals surface area contributed by atoms with Crippen molar-refractivity contribution in [1.29, 1.82) is 0 Å². The second kappa shape index (κ2) is 15.8. The lowest BCUT2D eigenvalue weighted by Crippen LogP contribution is -2.62. The first kappa shape index (κ1) is 49.7. The lowest BCUT2D eigenvalue weighted by Gasteiger charge is -2.49. The van der Waals surface area contributed by atoms with E-state index >= 15 is 0 Å². The number of rotatable bonds is 3. The van der Waals surface area contributed by atoms with Crippen molar-refractivity contribution in [3.05, 3.63) is 206 Å². The summed E-state index contributed by atoms with van der Waals surface area (Å²) in [6.07, 6.45) is 4.69. The van der Waals surface area contributed by atoms with Crippen LogP contribution in [0.5, 0.6) is 0 Å². The molecule has 2 heterocycles. The zero-order valence-corrected chi connectivity index (χ0v) is 49.6. The number of hydrogen-bond acceptors (Lipinski definition) is 2. The predicted octanol–water partition coefficient (Wildman–Crippen LogP) is 18.0. The summed E-state index contributed by atoms with van der Waals surface area (Å²) in [6.45, 7) is 39.4. The summed E-state index contributed by atoms with van der Waals surface area (Å²) in [4.78, 5) is 5.54. The van der Waals surface area contributed by atoms with Crippen LogP contribution in [0.4, 0.5) is 34.1 Å². The van der Waals surface area contributed by atoms with Gasteiger partial charge < -0.3 is 9.80 Å². The van der Waals surface area contributed by atoms with Crippen LogP contribution in [0, 0.1) is 13.8 Å². The molecule has 0 unspecified atom stereocenters. The van der Waals surface area contributed by atoms with Crippen LogP contribution in [0.3, 0.4) is 0 Å². The molecule has 6 aliphatic rings. The lowest BCUT2D eigenvalue weighted by atomic mass is 9.32. The average Bonchev–Trinajstić information content (AvgIpc) is 3.73. The summed E-state index contributed by atoms with van der Waals surface area (Å²) < 4.78 is 0. The highest BCUT2D eigenvalue weighted by Crippen LogP contribution is 2.58. The van der Waals surface area contributed by atoms with E-state index in [0.717, 1.165) is 12.8 Å². The van der Waals surface area contributed by atoms with Crippen LogP contribution >= 0.6 is 0 Å². The number of benzene rings is 8. The van der Waals surface area contributed by atoms with E-state index in [1.807, 2.05) is 0 Å². The van der Waals surface area contributed by atoms with Gasteiger partial charge in [0.1, 0.15) is 0 Å². The molecule has 0 fully saturated rings. The second-order valence-electron chi connectivity index (χ2n) is 29.2. The molecule has 8 aromatic carbocycles. The Bertz CT molecular complexity index is 3930. The third-order valence-corrected chi connectivity index (χ3v) is 21.5. The van der Waals surface area contributed by atoms with E-state index in [4.69, 9.17) is 0 Å². The van der Waals surface area contributed by atoms with Crippen LogP contribution in [0.15, 0.2) is 140 Å². The first-order valence-electron chi connectivity index (χ1n) is 29.5. The van der Waals surface area contributed by atoms with Crippen molar-refractivity contribution in [1.82, 2.24) is 0 Å². The normalized spacial score (nSPS) is 20.0. The Balaban J connectivity index is 1.16. The molecule has 392 valence electrons. The first-order chi connectivity index (χ1) is 36.7. The molecule has 0 spiro atoms. The molecule has 0 saturated heterocycles. The van der Waals surface area contributed by atoms with Crippen LogP contribution in [-0.2, 0) is 37.9 Å². The van der Waals surface area contributed by atoms with E-state index in [2.05, 4.69) is 260 Å². The molecular formula is C75H79BN2. The van der Waals surface area contributed by atoms with Gasteiger partial charge in [0.2, 0.25) is 0 Å². The lowest BCUT2D eigenvalue weighted by molar-refractivity contribution is 0.332. The maximum Gasteiger partial charge on any atom is 0.252 e. The maximum absolute atomic E-state index is 2.77. The fourth-order valence-corrected chi connectivity index (χ4v) is 16.4. The van der Waals surface area contributed by atoms with Gasteiger partial charge in [0.15, 0.2) is 0 Å². The highest BCUT2D eigenvalue weighted by atomic mass is 15.2. The summed E-state index contributed by atoms with van der Waals surface area (Å²) in [5.74, 6) is 0. The molecular weight excluding hydrogens is 940 g/mol. The molecule has 4 aliphatic carbocycles. The van der Waals surface area contributed by atoms with Crippen molar-refractivity contribution >= 4 is 57.2 Å². The minimum atomic E-state index is -0.236. The van der Waals surface area contributed by atoms with Crippen LogP contribution in [-0.4, -0.2) is 6.71 Å². The van der Waals surface area contributed by atoms with Gasteiger partial charge >= 0.3 is 0 Å². The van der Waals surface area contributed by atoms with Gasteiger partial charge in [-0.25, -0.2) is 0 Å². The van der Waals surface area contributed by atoms with Gasteiger partial charge in [-0.1, -0.05) is 200 Å². The Morgan fingerprint density at radius 3 is 1.19 bits per heavy atom. The van der Waals surface area contributed by atoms with Crippen LogP contribution in [0.1, 0.15) is 189 Å². The van der Waals surface area contributed by atoms with E-state index in [1.165, 1.54) is 152 Å². The number of hydrogen-bond donors (Lipinski definition) is 0. The monoisotopic (exact) mass is 1020 g/mol. The van der Waals surface area contributed by atoms with Crippen molar-refractivity contribution in [3.63, 3.8) is 0 Å². The Kier molecular flexibility index (Phi) is 10.1. The third-order valence-electron chi connectivity index (χ3n) is 21.5. The molecule has 0 saturated carbocycles. The van der Waals surface area contributed by atoms with E-state index in [1.54, 1.807) is 0 Å². The molecule has 0 bridgehead atoms. The van der Waals surface area contributed by atoms with Crippen LogP contribution in [0.25, 0.3) is 22.3 Å². The molecule has 0 N–H and O–H groups in total. The smallest absolute Gasteiger partial charge is 0.252 e. The maximum atomic E-state index is 2.77. The SMILES string of the molecule is Cc1cc2c(cc1N1c3cc4c(cc3B3c5cc6c(cc5N(c5cc7c(cc5C)C(C)(C)CCC7(C)C)c5cc(-c7ccccc7)cc1c53)C(C)(C)c1ccccc1C6(C)C)-c1ccccc1C4(C)C)C(C)(C)CCC2(C)C. The molecule has 8 aromatic rings. The van der Waals surface area contributed by atoms with Gasteiger partial charge in [0.05, 0.1) is 0 Å². The summed E-state index contributed by atoms with van der Waals surface area (Å²) in [5.41, 5.74) is 33.9. The minimum Gasteiger partial charge on any atom is -0.311 e. The highest BCUT2D eigenvalue weighted by Gasteiger charge is 2.51. The van der Waals surface area contributed by atoms with Gasteiger partial charge in [0.25, 0.3) is 6.71 Å². The average molecular weight is 1020 g/mol. The van der Waals surface area contributed by atoms with Crippen molar-refractivity contribution in [2.45, 2.75) is 174 Å². The van der Waals surface area contributed by atoms with Gasteiger partial charge in [-0.3, -0.25) is 0 Å². The van der Waals surface area contributed by atoms with Crippen molar-refractivity contribution in [3.8, 4) is 22.3 Å². The van der Waals surface area contributed by atoms with E-state index in [0.29, 0.717) is 0 Å². The van der Waals surface area contributed by atoms with Crippen molar-refractivity contribution < 1.29 is 0 Å². The Morgan fingerprint density at radius 1 is 0.308 bits per heavy atom. The Morgan fingerprint density at radius 2 is 0.692 bits per heavy atom. The predicted molar refractivity (Wildman–Crippen MR) is 334 cm³/mol. The zero-order valence-electron chi connectivity index (χ0n) is 49.6. The minimum absolute atomic E-state index is 0.0256. The van der Waals surface area contributed by atoms with Gasteiger partial charge in [-0.05, 0) is 203 Å². The number of aryl methyl sites for hydroxylation is 2. The Hall–Kier alpha value is -6.58. The van der Waals surface area contributed by atoms with Crippen molar-refractivity contribution in [2.24, 2.45) is 0 Å². The zero-order chi connectivity index (χ0) is 54.8. The number of fused-ring (bicyclic) bond motifs is 11. The van der Waals surface area contributed by atoms with Crippen LogP contribution < -0.4 is 26.2 Å². The van der Waals surface area contributed by atoms with E-state index in [-0.39, 0.29) is 44.6 Å². The fraction of sp³-hybridized carbons (Fsp3) is 0.360. The van der Waals surface area contributed by atoms with E-state index in [9.17, 15) is 0 Å². The quantitative estimate of drug-likeness (QED) is 0.163. The summed E-state index contributed by atoms with van der Waals surface area (Å²) >= 11 is 0. The Labute approximate surface area is 467 Å². The number of anilines is 6. The van der Waals surface area contributed by atoms with Crippen LogP contribution in [0.2, 0.25) is 0 Å². The molecule has 0 aromatic heterocycles. The van der Waals surface area contributed by atoms with Gasteiger partial charge in [-0.15, -0.1) is 0 Å². The summed E-state index contributed by atoms with van der Waals surface area (Å²) in [7, 11) is 0. The topological polar surface area (TPSA) is 6.48 Å². The molecule has 2 aliphatic heterocycles. The number of nitrogens with zero attached hydrogens (tertiary/aromatic N) is 2. The molecule has 3 heteroatoms. The van der Waals surface area contributed by atoms with Crippen molar-refractivity contribution in [2.75, 3.05) is 9.80 Å². The molecule has 0 atom stereocenters. The van der Waals surface area contributed by atoms with Gasteiger partial charge in [-0.2, -0.15) is 0 Å². The van der Waals surface area contributed by atoms with Gasteiger partial charge in [0, 0.05) is 50.4 Å². The first-order valence-corrected chi connectivity index (χ1v) is 29.5. The molecule has 78 heavy (non-hydrogen) atoms. The largest absolute Gasteiger partial charge is 0.311 e. The molecule has 0 radical (unpaired) electrons. The van der Waals surface area contributed by atoms with E-state index < -0.39 is 0 Å². The molecule has 0 amide bonds. The standard InChI is InChI=1S/C75H79BN2/c1-44-34-54-56(71(7,8)32-30-69(54,3)4)41-62(44)77-64-40-53-49(48-26-20-21-27-50(48)73(53,11)12)38-60(64)76-61-39-58-59(75(15,16)52-29-23-22-28-51(52)74(58,13)14)43-65(61)78(67-37-47(36-66(77)68(67)76)46-24-18-17-19-25-46)63-42-57-55(35-45(63)2)70(5,6)31-33-72(57,9)10/h17-29,34-43H,30-33H2,1-16H3.